The number of rotatable bonds is 3. The van der Waals surface area contributed by atoms with Crippen molar-refractivity contribution in [1.29, 1.82) is 0 Å². The molecular weight excluding hydrogens is 223 g/mol. The van der Waals surface area contributed by atoms with Gasteiger partial charge in [-0.2, -0.15) is 0 Å². The van der Waals surface area contributed by atoms with Gasteiger partial charge in [0, 0.05) is 39.4 Å². The summed E-state index contributed by atoms with van der Waals surface area (Å²) < 4.78 is 4.52. The van der Waals surface area contributed by atoms with Crippen LogP contribution in [0.4, 0.5) is 0 Å². The molecule has 0 radical (unpaired) electrons. The number of carbonyl (C=O) groups excluding carboxylic acids is 1. The summed E-state index contributed by atoms with van der Waals surface area (Å²) in [5.41, 5.74) is 0. The maximum absolute atomic E-state index is 10.2. The summed E-state index contributed by atoms with van der Waals surface area (Å²) in [7, 11) is 1.00. The van der Waals surface area contributed by atoms with Crippen molar-refractivity contribution in [3.05, 3.63) is 19.6 Å². The molecule has 0 bridgehead atoms. The van der Waals surface area contributed by atoms with Gasteiger partial charge in [-0.1, -0.05) is 6.58 Å². The van der Waals surface area contributed by atoms with Crippen molar-refractivity contribution in [3.63, 3.8) is 0 Å². The molecule has 0 aromatic heterocycles. The first-order valence-electron chi connectivity index (χ1n) is 2.84. The van der Waals surface area contributed by atoms with Gasteiger partial charge in [0.1, 0.15) is 0 Å². The van der Waals surface area contributed by atoms with Gasteiger partial charge in [0.2, 0.25) is 0 Å². The summed E-state index contributed by atoms with van der Waals surface area (Å²) in [6.45, 7) is 7.08. The summed E-state index contributed by atoms with van der Waals surface area (Å²) in [5, 5.41) is 7.00. The maximum Gasteiger partial charge on any atom is 0.330 e. The van der Waals surface area contributed by atoms with E-state index < -0.39 is 0 Å². The number of hydrogen-bond acceptors (Lipinski definition) is 3. The molecule has 0 unspecified atom stereocenters. The molecule has 0 aliphatic carbocycles. The van der Waals surface area contributed by atoms with E-state index in [9.17, 15) is 4.79 Å². The van der Waals surface area contributed by atoms with E-state index in [1.165, 1.54) is 0 Å². The van der Waals surface area contributed by atoms with Crippen LogP contribution < -0.4 is 0 Å². The van der Waals surface area contributed by atoms with E-state index in [-0.39, 0.29) is 32.2 Å². The van der Waals surface area contributed by atoms with Crippen LogP contribution >= 0.6 is 0 Å². The van der Waals surface area contributed by atoms with Gasteiger partial charge in [0.05, 0.1) is 6.61 Å². The average molecular weight is 236 g/mol. The van der Waals surface area contributed by atoms with E-state index in [2.05, 4.69) is 18.2 Å². The molecule has 4 heteroatoms. The first-order chi connectivity index (χ1) is 4.81. The third kappa shape index (κ3) is 17.8. The second-order valence-electron chi connectivity index (χ2n) is 1.23. The molecule has 0 fully saturated rings. The zero-order valence-corrected chi connectivity index (χ0v) is 9.13. The van der Waals surface area contributed by atoms with E-state index in [0.29, 0.717) is 13.0 Å². The van der Waals surface area contributed by atoms with E-state index in [1.54, 1.807) is 0 Å². The smallest absolute Gasteiger partial charge is 0.330 e. The van der Waals surface area contributed by atoms with E-state index in [1.807, 2.05) is 0 Å². The second kappa shape index (κ2) is 16.6. The first-order valence-corrected chi connectivity index (χ1v) is 2.84. The van der Waals surface area contributed by atoms with Gasteiger partial charge in [0.15, 0.2) is 0 Å². The predicted molar refractivity (Wildman–Crippen MR) is 39.3 cm³/mol. The molecule has 0 aliphatic rings. The minimum Gasteiger partial charge on any atom is -0.465 e. The van der Waals surface area contributed by atoms with Crippen LogP contribution in [0, 0.1) is 6.92 Å². The molecule has 0 aromatic carbocycles. The summed E-state index contributed by atoms with van der Waals surface area (Å²) in [4.78, 5) is 10.2. The summed E-state index contributed by atoms with van der Waals surface area (Å²) in [5.74, 6) is -0.381. The van der Waals surface area contributed by atoms with Crippen molar-refractivity contribution in [3.8, 4) is 0 Å². The Morgan fingerprint density at radius 1 is 1.73 bits per heavy atom. The monoisotopic (exact) mass is 235 g/mol. The van der Waals surface area contributed by atoms with Crippen molar-refractivity contribution < 1.29 is 40.8 Å². The Hall–Kier alpha value is 0.0531. The van der Waals surface area contributed by atoms with Crippen molar-refractivity contribution in [2.24, 2.45) is 0 Å². The fourth-order valence-corrected chi connectivity index (χ4v) is 0.232. The van der Waals surface area contributed by atoms with Gasteiger partial charge in [-0.25, -0.2) is 4.79 Å². The molecule has 0 saturated carbocycles. The molecule has 1 N–H and O–H groups in total. The molecule has 0 rings (SSSR count). The molecule has 64 valence electrons. The molecule has 0 atom stereocenters. The fraction of sp³-hybridized carbons (Fsp3) is 0.429. The zero-order chi connectivity index (χ0) is 8.41. The van der Waals surface area contributed by atoms with Gasteiger partial charge in [-0.05, 0) is 0 Å². The number of hydrogen-bond donors (Lipinski definition) is 1. The molecule has 0 spiro atoms. The molecule has 0 aromatic rings. The van der Waals surface area contributed by atoms with Gasteiger partial charge < -0.3 is 16.8 Å². The molecule has 0 aliphatic heterocycles. The topological polar surface area (TPSA) is 46.5 Å². The molecule has 0 heterocycles. The number of aliphatic hydroxyl groups excluding tert-OH is 1. The Morgan fingerprint density at radius 3 is 2.45 bits per heavy atom. The molecule has 0 amide bonds. The van der Waals surface area contributed by atoms with Crippen LogP contribution in [-0.4, -0.2) is 24.8 Å². The molecule has 0 saturated heterocycles. The van der Waals surface area contributed by atoms with Crippen molar-refractivity contribution in [2.45, 2.75) is 6.42 Å². The third-order valence-corrected chi connectivity index (χ3v) is 0.555. The Labute approximate surface area is 86.6 Å². The standard InChI is InChI=1S/C6H9O2.CH4O.Zr/c1-3-5-8-6(7)4-2;1-2;/h4H,1-3,5H2;2H,1H3;/q-1;;. The Kier molecular flexibility index (Phi) is 25.9. The SMILES string of the molecule is C=CC(=O)OCC[CH2-].CO.[Zr]. The van der Waals surface area contributed by atoms with Crippen LogP contribution in [0.1, 0.15) is 6.42 Å². The van der Waals surface area contributed by atoms with Crippen LogP contribution in [0.3, 0.4) is 0 Å². The van der Waals surface area contributed by atoms with Crippen molar-refractivity contribution in [2.75, 3.05) is 13.7 Å². The summed E-state index contributed by atoms with van der Waals surface area (Å²) in [6, 6.07) is 0. The summed E-state index contributed by atoms with van der Waals surface area (Å²) in [6.07, 6.45) is 1.75. The summed E-state index contributed by atoms with van der Waals surface area (Å²) >= 11 is 0. The molecular formula is C7H13O3Zr-. The van der Waals surface area contributed by atoms with Crippen molar-refractivity contribution in [1.82, 2.24) is 0 Å². The van der Waals surface area contributed by atoms with E-state index in [0.717, 1.165) is 13.2 Å². The van der Waals surface area contributed by atoms with Crippen LogP contribution in [0.5, 0.6) is 0 Å². The van der Waals surface area contributed by atoms with Crippen LogP contribution in [0.2, 0.25) is 0 Å². The Balaban J connectivity index is -0.000000196. The zero-order valence-electron chi connectivity index (χ0n) is 6.67. The Bertz CT molecular complexity index is 93.7. The molecule has 11 heavy (non-hydrogen) atoms. The average Bonchev–Trinajstić information content (AvgIpc) is 2.04. The van der Waals surface area contributed by atoms with Gasteiger partial charge in [-0.3, -0.25) is 0 Å². The number of aliphatic hydroxyl groups is 1. The maximum atomic E-state index is 10.2. The first kappa shape index (κ1) is 17.2. The van der Waals surface area contributed by atoms with Gasteiger partial charge in [-0.15, -0.1) is 6.42 Å². The van der Waals surface area contributed by atoms with E-state index >= 15 is 0 Å². The second-order valence-corrected chi connectivity index (χ2v) is 1.23. The van der Waals surface area contributed by atoms with Crippen molar-refractivity contribution >= 4 is 5.97 Å². The molecule has 3 nitrogen and oxygen atoms in total. The van der Waals surface area contributed by atoms with Crippen LogP contribution in [0.25, 0.3) is 0 Å². The third-order valence-electron chi connectivity index (χ3n) is 0.555. The quantitative estimate of drug-likeness (QED) is 0.442. The minimum atomic E-state index is -0.381. The van der Waals surface area contributed by atoms with Crippen LogP contribution in [0.15, 0.2) is 12.7 Å². The Morgan fingerprint density at radius 2 is 2.18 bits per heavy atom. The number of carbonyl (C=O) groups is 1. The fourth-order valence-electron chi connectivity index (χ4n) is 0.232. The number of ether oxygens (including phenoxy) is 1. The van der Waals surface area contributed by atoms with Crippen LogP contribution in [-0.2, 0) is 35.7 Å². The van der Waals surface area contributed by atoms with E-state index in [4.69, 9.17) is 5.11 Å². The number of esters is 1. The minimum absolute atomic E-state index is 0. The predicted octanol–water partition coefficient (Wildman–Crippen LogP) is 0.546. The van der Waals surface area contributed by atoms with Gasteiger partial charge in [0.25, 0.3) is 0 Å². The normalized spacial score (nSPS) is 6.45. The largest absolute Gasteiger partial charge is 0.465 e. The van der Waals surface area contributed by atoms with Gasteiger partial charge >= 0.3 is 5.97 Å².